The van der Waals surface area contributed by atoms with Gasteiger partial charge in [-0.05, 0) is 30.3 Å². The predicted octanol–water partition coefficient (Wildman–Crippen LogP) is 2.78. The second-order valence-electron chi connectivity index (χ2n) is 4.78. The van der Waals surface area contributed by atoms with Crippen molar-refractivity contribution in [1.29, 1.82) is 0 Å². The summed E-state index contributed by atoms with van der Waals surface area (Å²) < 4.78 is 19.9. The van der Waals surface area contributed by atoms with Crippen LogP contribution in [0.4, 0.5) is 4.39 Å². The van der Waals surface area contributed by atoms with E-state index >= 15 is 0 Å². The van der Waals surface area contributed by atoms with Gasteiger partial charge in [0.15, 0.2) is 0 Å². The Morgan fingerprint density at radius 2 is 2.05 bits per heavy atom. The van der Waals surface area contributed by atoms with Gasteiger partial charge in [0.25, 0.3) is 0 Å². The van der Waals surface area contributed by atoms with Crippen LogP contribution in [0.5, 0.6) is 5.75 Å². The molecule has 0 spiro atoms. The molecule has 3 rings (SSSR count). The van der Waals surface area contributed by atoms with Crippen molar-refractivity contribution < 1.29 is 19.0 Å². The van der Waals surface area contributed by atoms with Crippen molar-refractivity contribution in [3.63, 3.8) is 0 Å². The van der Waals surface area contributed by atoms with Crippen LogP contribution in [0, 0.1) is 5.82 Å². The second-order valence-corrected chi connectivity index (χ2v) is 4.78. The van der Waals surface area contributed by atoms with Crippen LogP contribution in [0.1, 0.15) is 5.69 Å². The lowest BCUT2D eigenvalue weighted by Crippen LogP contribution is -2.04. The molecule has 2 aromatic heterocycles. The van der Waals surface area contributed by atoms with Crippen molar-refractivity contribution in [2.75, 3.05) is 7.11 Å². The number of aromatic nitrogens is 2. The predicted molar refractivity (Wildman–Crippen MR) is 78.5 cm³/mol. The van der Waals surface area contributed by atoms with Crippen LogP contribution in [0.3, 0.4) is 0 Å². The van der Waals surface area contributed by atoms with Crippen molar-refractivity contribution in [3.8, 4) is 17.0 Å². The van der Waals surface area contributed by atoms with E-state index in [4.69, 9.17) is 9.84 Å². The maximum Gasteiger partial charge on any atom is 0.309 e. The molecule has 0 unspecified atom stereocenters. The fourth-order valence-electron chi connectivity index (χ4n) is 2.35. The third-order valence-corrected chi connectivity index (χ3v) is 3.37. The molecule has 5 nitrogen and oxygen atoms in total. The van der Waals surface area contributed by atoms with Crippen molar-refractivity contribution >= 4 is 11.6 Å². The van der Waals surface area contributed by atoms with Crippen LogP contribution in [0.2, 0.25) is 0 Å². The number of carbonyl (C=O) groups is 1. The fourth-order valence-corrected chi connectivity index (χ4v) is 2.35. The molecule has 3 aromatic rings. The Morgan fingerprint density at radius 1 is 1.32 bits per heavy atom. The smallest absolute Gasteiger partial charge is 0.309 e. The Morgan fingerprint density at radius 3 is 2.68 bits per heavy atom. The summed E-state index contributed by atoms with van der Waals surface area (Å²) in [7, 11) is 1.55. The molecule has 1 N–H and O–H groups in total. The molecule has 0 bridgehead atoms. The number of nitrogens with zero attached hydrogens (tertiary/aromatic N) is 2. The lowest BCUT2D eigenvalue weighted by Gasteiger charge is -2.04. The highest BCUT2D eigenvalue weighted by Crippen LogP contribution is 2.27. The van der Waals surface area contributed by atoms with E-state index in [9.17, 15) is 9.18 Å². The molecule has 22 heavy (non-hydrogen) atoms. The molecule has 0 aliphatic carbocycles. The van der Waals surface area contributed by atoms with E-state index in [-0.39, 0.29) is 12.2 Å². The maximum absolute atomic E-state index is 13.1. The van der Waals surface area contributed by atoms with E-state index in [0.29, 0.717) is 28.3 Å². The Labute approximate surface area is 125 Å². The number of aliphatic carboxylic acids is 1. The molecule has 6 heteroatoms. The number of pyridine rings is 1. The minimum atomic E-state index is -0.957. The first-order chi connectivity index (χ1) is 10.6. The molecule has 0 saturated heterocycles. The van der Waals surface area contributed by atoms with Gasteiger partial charge in [-0.2, -0.15) is 0 Å². The topological polar surface area (TPSA) is 63.8 Å². The lowest BCUT2D eigenvalue weighted by molar-refractivity contribution is -0.136. The van der Waals surface area contributed by atoms with Crippen molar-refractivity contribution in [1.82, 2.24) is 9.38 Å². The zero-order valence-corrected chi connectivity index (χ0v) is 11.8. The monoisotopic (exact) mass is 300 g/mol. The summed E-state index contributed by atoms with van der Waals surface area (Å²) >= 11 is 0. The molecular weight excluding hydrogens is 287 g/mol. The molecule has 0 amide bonds. The Kier molecular flexibility index (Phi) is 3.50. The summed E-state index contributed by atoms with van der Waals surface area (Å²) in [5.74, 6) is -0.681. The van der Waals surface area contributed by atoms with E-state index in [0.717, 1.165) is 0 Å². The minimum Gasteiger partial charge on any atom is -0.497 e. The molecule has 0 fully saturated rings. The number of imidazole rings is 1. The number of hydrogen-bond donors (Lipinski definition) is 1. The van der Waals surface area contributed by atoms with Crippen LogP contribution in [0.15, 0.2) is 42.6 Å². The van der Waals surface area contributed by atoms with E-state index in [1.165, 1.54) is 12.1 Å². The normalized spacial score (nSPS) is 10.8. The highest BCUT2D eigenvalue weighted by molar-refractivity contribution is 5.76. The molecule has 0 aliphatic rings. The highest BCUT2D eigenvalue weighted by Gasteiger charge is 2.17. The fraction of sp³-hybridized carbons (Fsp3) is 0.125. The first-order valence-corrected chi connectivity index (χ1v) is 6.61. The van der Waals surface area contributed by atoms with E-state index in [2.05, 4.69) is 4.98 Å². The molecule has 0 aliphatic heterocycles. The third-order valence-electron chi connectivity index (χ3n) is 3.37. The SMILES string of the molecule is COc1ccn2c(CC(=O)O)c(-c3ccc(F)cc3)nc2c1. The van der Waals surface area contributed by atoms with Crippen LogP contribution in [0.25, 0.3) is 16.9 Å². The van der Waals surface area contributed by atoms with E-state index in [1.54, 1.807) is 42.0 Å². The average molecular weight is 300 g/mol. The molecule has 0 radical (unpaired) electrons. The first-order valence-electron chi connectivity index (χ1n) is 6.61. The number of carboxylic acid groups (broad SMARTS) is 1. The van der Waals surface area contributed by atoms with Gasteiger partial charge in [0.1, 0.15) is 17.2 Å². The Hall–Kier alpha value is -2.89. The van der Waals surface area contributed by atoms with Gasteiger partial charge >= 0.3 is 5.97 Å². The van der Waals surface area contributed by atoms with Gasteiger partial charge in [-0.25, -0.2) is 9.37 Å². The highest BCUT2D eigenvalue weighted by atomic mass is 19.1. The van der Waals surface area contributed by atoms with E-state index in [1.807, 2.05) is 0 Å². The summed E-state index contributed by atoms with van der Waals surface area (Å²) in [6, 6.07) is 9.27. The average Bonchev–Trinajstić information content (AvgIpc) is 2.85. The molecule has 1 aromatic carbocycles. The van der Waals surface area contributed by atoms with E-state index < -0.39 is 5.97 Å². The van der Waals surface area contributed by atoms with Gasteiger partial charge < -0.3 is 14.2 Å². The van der Waals surface area contributed by atoms with Crippen LogP contribution in [-0.4, -0.2) is 27.6 Å². The van der Waals surface area contributed by atoms with Crippen molar-refractivity contribution in [2.45, 2.75) is 6.42 Å². The van der Waals surface area contributed by atoms with Crippen molar-refractivity contribution in [3.05, 3.63) is 54.1 Å². The van der Waals surface area contributed by atoms with Crippen molar-refractivity contribution in [2.24, 2.45) is 0 Å². The van der Waals surface area contributed by atoms with Gasteiger partial charge in [-0.15, -0.1) is 0 Å². The summed E-state index contributed by atoms with van der Waals surface area (Å²) in [4.78, 5) is 15.6. The zero-order valence-electron chi connectivity index (χ0n) is 11.8. The first kappa shape index (κ1) is 14.1. The summed E-state index contributed by atoms with van der Waals surface area (Å²) in [6.07, 6.45) is 1.53. The second kappa shape index (κ2) is 5.48. The van der Waals surface area contributed by atoms with Gasteiger partial charge in [0.2, 0.25) is 0 Å². The number of hydrogen-bond acceptors (Lipinski definition) is 3. The number of benzene rings is 1. The molecular formula is C16H13FN2O3. The molecule has 0 atom stereocenters. The van der Waals surface area contributed by atoms with Crippen LogP contribution in [-0.2, 0) is 11.2 Å². The molecule has 112 valence electrons. The Bertz CT molecular complexity index is 840. The molecule has 0 saturated carbocycles. The number of rotatable bonds is 4. The van der Waals surface area contributed by atoms with Gasteiger partial charge in [-0.3, -0.25) is 4.79 Å². The number of ether oxygens (including phenoxy) is 1. The zero-order chi connectivity index (χ0) is 15.7. The number of fused-ring (bicyclic) bond motifs is 1. The number of carboxylic acids is 1. The van der Waals surface area contributed by atoms with Gasteiger partial charge in [0.05, 0.1) is 24.9 Å². The number of halogens is 1. The third kappa shape index (κ3) is 2.50. The standard InChI is InChI=1S/C16H13FN2O3/c1-22-12-6-7-19-13(9-15(20)21)16(18-14(19)8-12)10-2-4-11(17)5-3-10/h2-8H,9H2,1H3,(H,20,21). The number of methoxy groups -OCH3 is 1. The quantitative estimate of drug-likeness (QED) is 0.804. The minimum absolute atomic E-state index is 0.180. The van der Waals surface area contributed by atoms with Gasteiger partial charge in [0, 0.05) is 17.8 Å². The lowest BCUT2D eigenvalue weighted by atomic mass is 10.1. The van der Waals surface area contributed by atoms with Crippen LogP contribution < -0.4 is 4.74 Å². The Balaban J connectivity index is 2.22. The maximum atomic E-state index is 13.1. The summed E-state index contributed by atoms with van der Waals surface area (Å²) in [5.41, 5.74) is 2.31. The van der Waals surface area contributed by atoms with Gasteiger partial charge in [-0.1, -0.05) is 0 Å². The molecule has 2 heterocycles. The largest absolute Gasteiger partial charge is 0.497 e. The van der Waals surface area contributed by atoms with Crippen LogP contribution >= 0.6 is 0 Å². The summed E-state index contributed by atoms with van der Waals surface area (Å²) in [5, 5.41) is 9.14. The summed E-state index contributed by atoms with van der Waals surface area (Å²) in [6.45, 7) is 0.